The molecule has 0 amide bonds. The molecule has 3 aromatic heterocycles. The maximum atomic E-state index is 12.7. The first kappa shape index (κ1) is 24.7. The van der Waals surface area contributed by atoms with Crippen molar-refractivity contribution in [2.75, 3.05) is 37.7 Å². The minimum atomic E-state index is -0.315. The van der Waals surface area contributed by atoms with Crippen molar-refractivity contribution in [3.63, 3.8) is 0 Å². The van der Waals surface area contributed by atoms with Gasteiger partial charge in [0.05, 0.1) is 37.5 Å². The van der Waals surface area contributed by atoms with Crippen LogP contribution in [0.3, 0.4) is 0 Å². The predicted molar refractivity (Wildman–Crippen MR) is 129 cm³/mol. The van der Waals surface area contributed by atoms with Crippen LogP contribution in [0.1, 0.15) is 15.3 Å². The van der Waals surface area contributed by atoms with Crippen LogP contribution in [0.25, 0.3) is 0 Å². The normalized spacial score (nSPS) is 13.9. The van der Waals surface area contributed by atoms with E-state index in [1.54, 1.807) is 6.20 Å². The van der Waals surface area contributed by atoms with Crippen molar-refractivity contribution in [1.82, 2.24) is 19.3 Å². The number of hydrogen-bond donors (Lipinski definition) is 1. The van der Waals surface area contributed by atoms with Gasteiger partial charge in [0.15, 0.2) is 0 Å². The van der Waals surface area contributed by atoms with E-state index in [4.69, 9.17) is 10.5 Å². The molecule has 0 aliphatic carbocycles. The maximum absolute atomic E-state index is 12.7. The molecule has 4 heterocycles. The number of aromatic nitrogens is 4. The Morgan fingerprint density at radius 3 is 2.76 bits per heavy atom. The zero-order valence-corrected chi connectivity index (χ0v) is 19.4. The summed E-state index contributed by atoms with van der Waals surface area (Å²) in [6.45, 7) is 3.59. The molecule has 0 atom stereocenters. The largest absolute Gasteiger partial charge is 0.378 e. The summed E-state index contributed by atoms with van der Waals surface area (Å²) in [6, 6.07) is 7.81. The van der Waals surface area contributed by atoms with Crippen LogP contribution >= 0.6 is 23.7 Å². The van der Waals surface area contributed by atoms with Crippen molar-refractivity contribution in [3.05, 3.63) is 74.5 Å². The molecule has 2 N–H and O–H groups in total. The van der Waals surface area contributed by atoms with Crippen LogP contribution in [0.4, 0.5) is 10.2 Å². The molecule has 0 spiro atoms. The first-order valence-corrected chi connectivity index (χ1v) is 11.0. The van der Waals surface area contributed by atoms with E-state index in [9.17, 15) is 9.18 Å². The Balaban J connectivity index is 0.00000306. The van der Waals surface area contributed by atoms with E-state index in [1.807, 2.05) is 24.3 Å². The van der Waals surface area contributed by atoms with E-state index >= 15 is 0 Å². The Bertz CT molecular complexity index is 1200. The summed E-state index contributed by atoms with van der Waals surface area (Å²) >= 11 is 1.51. The molecule has 0 aromatic carbocycles. The fourth-order valence-electron chi connectivity index (χ4n) is 3.20. The Morgan fingerprint density at radius 1 is 1.24 bits per heavy atom. The van der Waals surface area contributed by atoms with Crippen molar-refractivity contribution < 1.29 is 9.13 Å². The number of ether oxygens (including phenoxy) is 1. The second kappa shape index (κ2) is 11.8. The number of nitrogens with two attached hydrogens (primary N) is 1. The standard InChI is InChI=1S/C22H23FN6O2S.ClH/c23-11-18(12-24)14-29-22(30)28(16-26-29)15-20-5-4-19(32-20)3-1-17-2-6-21(25-13-17)27-7-9-31-10-8-27;/h2,4-6,11,13,16H,7-10,12,14-15,24H2;1H/b18-11+;. The lowest BCUT2D eigenvalue weighted by atomic mass is 10.2. The van der Waals surface area contributed by atoms with E-state index in [0.717, 1.165) is 47.4 Å². The van der Waals surface area contributed by atoms with Gasteiger partial charge in [-0.15, -0.1) is 23.7 Å². The Kier molecular flexibility index (Phi) is 8.79. The molecule has 0 bridgehead atoms. The van der Waals surface area contributed by atoms with E-state index in [0.29, 0.717) is 18.4 Å². The highest BCUT2D eigenvalue weighted by molar-refractivity contribution is 7.12. The van der Waals surface area contributed by atoms with E-state index in [-0.39, 0.29) is 31.2 Å². The number of rotatable bonds is 6. The van der Waals surface area contributed by atoms with Gasteiger partial charge in [-0.25, -0.2) is 18.9 Å². The lowest BCUT2D eigenvalue weighted by molar-refractivity contribution is 0.122. The SMILES string of the molecule is Cl.NC/C(=C\F)Cn1ncn(Cc2ccc(C#Cc3ccc(N4CCOCC4)nc3)s2)c1=O. The molecule has 1 aliphatic rings. The van der Waals surface area contributed by atoms with Gasteiger partial charge in [0, 0.05) is 36.3 Å². The molecule has 0 unspecified atom stereocenters. The summed E-state index contributed by atoms with van der Waals surface area (Å²) in [7, 11) is 0. The number of halogens is 2. The molecule has 3 aromatic rings. The van der Waals surface area contributed by atoms with Gasteiger partial charge >= 0.3 is 5.69 Å². The molecule has 33 heavy (non-hydrogen) atoms. The molecule has 8 nitrogen and oxygen atoms in total. The summed E-state index contributed by atoms with van der Waals surface area (Å²) < 4.78 is 20.8. The average Bonchev–Trinajstić information content (AvgIpc) is 3.43. The minimum absolute atomic E-state index is 0. The van der Waals surface area contributed by atoms with Crippen molar-refractivity contribution in [3.8, 4) is 11.8 Å². The van der Waals surface area contributed by atoms with Crippen LogP contribution in [0.15, 0.2) is 53.5 Å². The molecule has 1 aliphatic heterocycles. The van der Waals surface area contributed by atoms with Gasteiger partial charge < -0.3 is 15.4 Å². The Morgan fingerprint density at radius 2 is 2.06 bits per heavy atom. The molecule has 1 saturated heterocycles. The quantitative estimate of drug-likeness (QED) is 0.532. The van der Waals surface area contributed by atoms with Crippen molar-refractivity contribution >= 4 is 29.6 Å². The van der Waals surface area contributed by atoms with Gasteiger partial charge in [0.25, 0.3) is 0 Å². The first-order valence-electron chi connectivity index (χ1n) is 10.2. The zero-order chi connectivity index (χ0) is 22.3. The van der Waals surface area contributed by atoms with Crippen molar-refractivity contribution in [1.29, 1.82) is 0 Å². The molecule has 4 rings (SSSR count). The summed E-state index contributed by atoms with van der Waals surface area (Å²) in [6.07, 6.45) is 3.64. The van der Waals surface area contributed by atoms with Crippen LogP contribution in [-0.2, 0) is 17.8 Å². The number of thiophene rings is 1. The highest BCUT2D eigenvalue weighted by Gasteiger charge is 2.12. The fourth-order valence-corrected chi connectivity index (χ4v) is 4.06. The van der Waals surface area contributed by atoms with E-state index in [1.165, 1.54) is 26.9 Å². The van der Waals surface area contributed by atoms with E-state index < -0.39 is 0 Å². The minimum Gasteiger partial charge on any atom is -0.378 e. The third-order valence-corrected chi connectivity index (χ3v) is 5.95. The van der Waals surface area contributed by atoms with Crippen molar-refractivity contribution in [2.45, 2.75) is 13.1 Å². The number of anilines is 1. The van der Waals surface area contributed by atoms with Gasteiger partial charge in [0.1, 0.15) is 12.1 Å². The third kappa shape index (κ3) is 6.30. The van der Waals surface area contributed by atoms with E-state index in [2.05, 4.69) is 26.8 Å². The molecule has 0 saturated carbocycles. The van der Waals surface area contributed by atoms with Gasteiger partial charge in [-0.05, 0) is 29.8 Å². The second-order valence-electron chi connectivity index (χ2n) is 7.19. The number of hydrogen-bond acceptors (Lipinski definition) is 7. The number of nitrogens with zero attached hydrogens (tertiary/aromatic N) is 5. The lowest BCUT2D eigenvalue weighted by Crippen LogP contribution is -2.36. The topological polar surface area (TPSA) is 91.2 Å². The van der Waals surface area contributed by atoms with Crippen LogP contribution in [-0.4, -0.2) is 52.2 Å². The second-order valence-corrected chi connectivity index (χ2v) is 8.36. The first-order chi connectivity index (χ1) is 15.7. The molecule has 174 valence electrons. The highest BCUT2D eigenvalue weighted by Crippen LogP contribution is 2.17. The summed E-state index contributed by atoms with van der Waals surface area (Å²) in [5, 5.41) is 4.03. The lowest BCUT2D eigenvalue weighted by Gasteiger charge is -2.27. The number of pyridine rings is 1. The maximum Gasteiger partial charge on any atom is 0.346 e. The van der Waals surface area contributed by atoms with Crippen molar-refractivity contribution in [2.24, 2.45) is 5.73 Å². The molecule has 1 fully saturated rings. The highest BCUT2D eigenvalue weighted by atomic mass is 35.5. The van der Waals surface area contributed by atoms with Crippen LogP contribution in [0.2, 0.25) is 0 Å². The average molecular weight is 491 g/mol. The predicted octanol–water partition coefficient (Wildman–Crippen LogP) is 2.02. The van der Waals surface area contributed by atoms with Gasteiger partial charge in [-0.1, -0.05) is 11.8 Å². The summed E-state index contributed by atoms with van der Waals surface area (Å²) in [5.41, 5.74) is 6.27. The molecular formula is C22H24ClFN6O2S. The fraction of sp³-hybridized carbons (Fsp3) is 0.318. The smallest absolute Gasteiger partial charge is 0.346 e. The van der Waals surface area contributed by atoms with Gasteiger partial charge in [-0.3, -0.25) is 4.57 Å². The Hall–Kier alpha value is -2.97. The van der Waals surface area contributed by atoms with Gasteiger partial charge in [0.2, 0.25) is 0 Å². The molecular weight excluding hydrogens is 467 g/mol. The number of morpholine rings is 1. The Labute approximate surface area is 200 Å². The summed E-state index contributed by atoms with van der Waals surface area (Å²) in [5.74, 6) is 7.22. The van der Waals surface area contributed by atoms with Crippen LogP contribution < -0.4 is 16.3 Å². The van der Waals surface area contributed by atoms with Crippen LogP contribution in [0.5, 0.6) is 0 Å². The molecule has 0 radical (unpaired) electrons. The third-order valence-electron chi connectivity index (χ3n) is 4.97. The summed E-state index contributed by atoms with van der Waals surface area (Å²) in [4.78, 5) is 21.0. The molecule has 11 heteroatoms. The van der Waals surface area contributed by atoms with Crippen LogP contribution in [0, 0.1) is 11.8 Å². The monoisotopic (exact) mass is 490 g/mol. The van der Waals surface area contributed by atoms with Gasteiger partial charge in [-0.2, -0.15) is 5.10 Å². The zero-order valence-electron chi connectivity index (χ0n) is 17.8.